The zero-order valence-electron chi connectivity index (χ0n) is 10.9. The fraction of sp³-hybridized carbons (Fsp3) is 0.133. The van der Waals surface area contributed by atoms with E-state index >= 15 is 0 Å². The van der Waals surface area contributed by atoms with Gasteiger partial charge in [-0.15, -0.1) is 0 Å². The van der Waals surface area contributed by atoms with E-state index in [1.54, 1.807) is 0 Å². The van der Waals surface area contributed by atoms with Gasteiger partial charge in [-0.2, -0.15) is 0 Å². The number of carbonyl (C=O) groups is 1. The van der Waals surface area contributed by atoms with Gasteiger partial charge in [0.1, 0.15) is 17.1 Å². The van der Waals surface area contributed by atoms with Crippen molar-refractivity contribution in [3.8, 4) is 11.5 Å². The van der Waals surface area contributed by atoms with Crippen LogP contribution in [0.5, 0.6) is 11.5 Å². The van der Waals surface area contributed by atoms with Crippen molar-refractivity contribution in [3.05, 3.63) is 56.5 Å². The zero-order valence-corrected chi connectivity index (χ0v) is 13.2. The predicted molar refractivity (Wildman–Crippen MR) is 82.1 cm³/mol. The molecule has 0 atom stereocenters. The number of hydrogen-bond donors (Lipinski definition) is 1. The Morgan fingerprint density at radius 3 is 2.35 bits per heavy atom. The van der Waals surface area contributed by atoms with Gasteiger partial charge in [-0.3, -0.25) is 0 Å². The lowest BCUT2D eigenvalue weighted by atomic mass is 10.1. The highest BCUT2D eigenvalue weighted by molar-refractivity contribution is 9.10. The number of halogens is 2. The molecule has 2 aromatic carbocycles. The molecule has 0 aliphatic rings. The quantitative estimate of drug-likeness (QED) is 0.822. The van der Waals surface area contributed by atoms with Crippen LogP contribution < -0.4 is 4.74 Å². The van der Waals surface area contributed by atoms with Crippen LogP contribution >= 0.6 is 27.5 Å². The van der Waals surface area contributed by atoms with E-state index in [1.807, 2.05) is 26.0 Å². The summed E-state index contributed by atoms with van der Waals surface area (Å²) in [7, 11) is 0. The first kappa shape index (κ1) is 14.9. The van der Waals surface area contributed by atoms with Crippen LogP contribution in [0.25, 0.3) is 0 Å². The standard InChI is InChI=1S/C15H12BrClO3/c1-8-5-11(6-9(2)14(8)16)20-13-7-10(17)3-4-12(13)15(18)19/h3-7H,1-2H3,(H,18,19). The van der Waals surface area contributed by atoms with Gasteiger partial charge in [0.2, 0.25) is 0 Å². The number of carboxylic acids is 1. The third kappa shape index (κ3) is 3.14. The van der Waals surface area contributed by atoms with Gasteiger partial charge in [0.05, 0.1) is 0 Å². The minimum absolute atomic E-state index is 0.0765. The summed E-state index contributed by atoms with van der Waals surface area (Å²) in [4.78, 5) is 11.2. The van der Waals surface area contributed by atoms with Gasteiger partial charge >= 0.3 is 5.97 Å². The van der Waals surface area contributed by atoms with Crippen LogP contribution in [-0.4, -0.2) is 11.1 Å². The van der Waals surface area contributed by atoms with Crippen molar-refractivity contribution in [3.63, 3.8) is 0 Å². The van der Waals surface area contributed by atoms with Crippen molar-refractivity contribution in [2.75, 3.05) is 0 Å². The maximum atomic E-state index is 11.2. The molecule has 0 aliphatic carbocycles. The van der Waals surface area contributed by atoms with Gasteiger partial charge in [-0.05, 0) is 49.2 Å². The Balaban J connectivity index is 2.44. The highest BCUT2D eigenvalue weighted by atomic mass is 79.9. The Morgan fingerprint density at radius 2 is 1.80 bits per heavy atom. The molecule has 5 heteroatoms. The third-order valence-corrected chi connectivity index (χ3v) is 4.30. The summed E-state index contributed by atoms with van der Waals surface area (Å²) >= 11 is 9.37. The smallest absolute Gasteiger partial charge is 0.339 e. The summed E-state index contributed by atoms with van der Waals surface area (Å²) in [5.74, 6) is -0.249. The molecule has 0 heterocycles. The fourth-order valence-corrected chi connectivity index (χ4v) is 2.24. The molecule has 1 N–H and O–H groups in total. The predicted octanol–water partition coefficient (Wildman–Crippen LogP) is 5.21. The lowest BCUT2D eigenvalue weighted by Gasteiger charge is -2.12. The summed E-state index contributed by atoms with van der Waals surface area (Å²) in [6.07, 6.45) is 0. The van der Waals surface area contributed by atoms with Crippen molar-refractivity contribution in [2.45, 2.75) is 13.8 Å². The number of hydrogen-bond acceptors (Lipinski definition) is 2. The Morgan fingerprint density at radius 1 is 1.20 bits per heavy atom. The third-order valence-electron chi connectivity index (χ3n) is 2.81. The number of ether oxygens (including phenoxy) is 1. The summed E-state index contributed by atoms with van der Waals surface area (Å²) in [5.41, 5.74) is 2.10. The van der Waals surface area contributed by atoms with Gasteiger partial charge in [-0.25, -0.2) is 4.79 Å². The molecule has 0 radical (unpaired) electrons. The highest BCUT2D eigenvalue weighted by Crippen LogP contribution is 2.32. The van der Waals surface area contributed by atoms with E-state index in [0.29, 0.717) is 10.8 Å². The number of rotatable bonds is 3. The average Bonchev–Trinajstić information content (AvgIpc) is 2.35. The molecule has 2 aromatic rings. The van der Waals surface area contributed by atoms with E-state index in [2.05, 4.69) is 15.9 Å². The summed E-state index contributed by atoms with van der Waals surface area (Å²) in [6.45, 7) is 3.89. The van der Waals surface area contributed by atoms with Crippen LogP contribution in [-0.2, 0) is 0 Å². The SMILES string of the molecule is Cc1cc(Oc2cc(Cl)ccc2C(=O)O)cc(C)c1Br. The van der Waals surface area contributed by atoms with Crippen LogP contribution in [0.3, 0.4) is 0 Å². The monoisotopic (exact) mass is 354 g/mol. The number of aryl methyl sites for hydroxylation is 2. The maximum Gasteiger partial charge on any atom is 0.339 e. The molecule has 0 fully saturated rings. The number of carboxylic acid groups (broad SMARTS) is 1. The second kappa shape index (κ2) is 5.85. The summed E-state index contributed by atoms with van der Waals surface area (Å²) < 4.78 is 6.69. The topological polar surface area (TPSA) is 46.5 Å². The minimum Gasteiger partial charge on any atom is -0.478 e. The first-order valence-corrected chi connectivity index (χ1v) is 7.03. The van der Waals surface area contributed by atoms with Crippen LogP contribution in [0, 0.1) is 13.8 Å². The average molecular weight is 356 g/mol. The molecule has 2 rings (SSSR count). The van der Waals surface area contributed by atoms with Crippen molar-refractivity contribution in [1.82, 2.24) is 0 Å². The largest absolute Gasteiger partial charge is 0.478 e. The second-order valence-corrected chi connectivity index (χ2v) is 5.65. The van der Waals surface area contributed by atoms with Gasteiger partial charge < -0.3 is 9.84 Å². The van der Waals surface area contributed by atoms with Crippen molar-refractivity contribution in [2.24, 2.45) is 0 Å². The Kier molecular flexibility index (Phi) is 4.35. The van der Waals surface area contributed by atoms with E-state index in [9.17, 15) is 4.79 Å². The van der Waals surface area contributed by atoms with E-state index in [1.165, 1.54) is 18.2 Å². The van der Waals surface area contributed by atoms with Gasteiger partial charge in [-0.1, -0.05) is 27.5 Å². The molecular weight excluding hydrogens is 344 g/mol. The van der Waals surface area contributed by atoms with Crippen LogP contribution in [0.4, 0.5) is 0 Å². The van der Waals surface area contributed by atoms with E-state index in [4.69, 9.17) is 21.4 Å². The van der Waals surface area contributed by atoms with Crippen LogP contribution in [0.1, 0.15) is 21.5 Å². The van der Waals surface area contributed by atoms with Crippen molar-refractivity contribution in [1.29, 1.82) is 0 Å². The summed E-state index contributed by atoms with van der Waals surface area (Å²) in [5, 5.41) is 9.58. The molecule has 0 saturated heterocycles. The molecular formula is C15H12BrClO3. The Hall–Kier alpha value is -1.52. The molecule has 0 amide bonds. The molecule has 0 aromatic heterocycles. The molecule has 0 unspecified atom stereocenters. The van der Waals surface area contributed by atoms with Gasteiger partial charge in [0.25, 0.3) is 0 Å². The zero-order chi connectivity index (χ0) is 14.9. The molecule has 0 saturated carbocycles. The van der Waals surface area contributed by atoms with Crippen LogP contribution in [0.15, 0.2) is 34.8 Å². The minimum atomic E-state index is -1.05. The van der Waals surface area contributed by atoms with Crippen molar-refractivity contribution >= 4 is 33.5 Å². The molecule has 0 bridgehead atoms. The highest BCUT2D eigenvalue weighted by Gasteiger charge is 2.13. The Bertz CT molecular complexity index is 660. The maximum absolute atomic E-state index is 11.2. The molecule has 0 aliphatic heterocycles. The second-order valence-electron chi connectivity index (χ2n) is 4.42. The molecule has 104 valence electrons. The van der Waals surface area contributed by atoms with E-state index in [0.717, 1.165) is 15.6 Å². The van der Waals surface area contributed by atoms with Crippen LogP contribution in [0.2, 0.25) is 5.02 Å². The van der Waals surface area contributed by atoms with Gasteiger partial charge in [0.15, 0.2) is 0 Å². The molecule has 20 heavy (non-hydrogen) atoms. The first-order chi connectivity index (χ1) is 9.38. The normalized spacial score (nSPS) is 10.4. The Labute approximate surface area is 130 Å². The molecule has 0 spiro atoms. The van der Waals surface area contributed by atoms with E-state index in [-0.39, 0.29) is 11.3 Å². The summed E-state index contributed by atoms with van der Waals surface area (Å²) in [6, 6.07) is 8.12. The van der Waals surface area contributed by atoms with Crippen molar-refractivity contribution < 1.29 is 14.6 Å². The van der Waals surface area contributed by atoms with E-state index < -0.39 is 5.97 Å². The fourth-order valence-electron chi connectivity index (χ4n) is 1.85. The first-order valence-electron chi connectivity index (χ1n) is 5.86. The van der Waals surface area contributed by atoms with Gasteiger partial charge in [0, 0.05) is 15.6 Å². The lowest BCUT2D eigenvalue weighted by Crippen LogP contribution is -2.00. The molecule has 3 nitrogen and oxygen atoms in total. The lowest BCUT2D eigenvalue weighted by molar-refractivity contribution is 0.0694. The number of aromatic carboxylic acids is 1. The number of benzene rings is 2.